The van der Waals surface area contributed by atoms with Gasteiger partial charge < -0.3 is 10.2 Å². The third kappa shape index (κ3) is 6.62. The van der Waals surface area contributed by atoms with E-state index in [0.29, 0.717) is 16.8 Å². The molecule has 1 saturated heterocycles. The van der Waals surface area contributed by atoms with Crippen LogP contribution in [0.15, 0.2) is 78.9 Å². The number of aryl methyl sites for hydroxylation is 1. The topological polar surface area (TPSA) is 72.3 Å². The fourth-order valence-corrected chi connectivity index (χ4v) is 4.79. The molecular formula is C30H31Cl2N5O. The van der Waals surface area contributed by atoms with Crippen LogP contribution in [0.4, 0.5) is 11.4 Å². The number of hydrogen-bond acceptors (Lipinski definition) is 5. The lowest BCUT2D eigenvalue weighted by Gasteiger charge is -2.36. The molecule has 1 aromatic heterocycles. The zero-order chi connectivity index (χ0) is 24.9. The van der Waals surface area contributed by atoms with Gasteiger partial charge in [0.1, 0.15) is 0 Å². The molecule has 38 heavy (non-hydrogen) atoms. The number of nitriles is 1. The summed E-state index contributed by atoms with van der Waals surface area (Å²) in [6, 6.07) is 27.6. The van der Waals surface area contributed by atoms with Crippen molar-refractivity contribution in [2.24, 2.45) is 0 Å². The average molecular weight is 549 g/mol. The highest BCUT2D eigenvalue weighted by atomic mass is 35.5. The molecule has 1 N–H and O–H groups in total. The van der Waals surface area contributed by atoms with Gasteiger partial charge in [0.05, 0.1) is 17.1 Å². The molecule has 1 aliphatic rings. The maximum atomic E-state index is 12.5. The first-order valence-corrected chi connectivity index (χ1v) is 12.3. The molecule has 196 valence electrons. The van der Waals surface area contributed by atoms with Crippen LogP contribution in [0.2, 0.25) is 0 Å². The quantitative estimate of drug-likeness (QED) is 0.326. The zero-order valence-corrected chi connectivity index (χ0v) is 22.9. The van der Waals surface area contributed by atoms with Gasteiger partial charge in [-0.25, -0.2) is 0 Å². The molecule has 0 aliphatic carbocycles. The molecule has 4 aromatic rings. The minimum atomic E-state index is -0.152. The summed E-state index contributed by atoms with van der Waals surface area (Å²) in [6.45, 7) is 6.71. The van der Waals surface area contributed by atoms with Gasteiger partial charge in [0, 0.05) is 60.7 Å². The van der Waals surface area contributed by atoms with E-state index in [0.717, 1.165) is 55.9 Å². The molecule has 8 heteroatoms. The number of nitrogens with zero attached hydrogens (tertiary/aromatic N) is 4. The Balaban J connectivity index is 0.00000200. The Morgan fingerprint density at radius 3 is 2.45 bits per heavy atom. The van der Waals surface area contributed by atoms with Crippen molar-refractivity contribution < 1.29 is 4.79 Å². The first-order valence-electron chi connectivity index (χ1n) is 12.3. The number of carbonyl (C=O) groups excluding carboxylic acids is 1. The smallest absolute Gasteiger partial charge is 0.255 e. The van der Waals surface area contributed by atoms with E-state index in [1.807, 2.05) is 31.2 Å². The van der Waals surface area contributed by atoms with Crippen LogP contribution in [0, 0.1) is 18.3 Å². The Morgan fingerprint density at radius 1 is 0.947 bits per heavy atom. The molecule has 3 aromatic carbocycles. The molecule has 6 nitrogen and oxygen atoms in total. The van der Waals surface area contributed by atoms with Gasteiger partial charge in [-0.2, -0.15) is 5.26 Å². The second kappa shape index (κ2) is 13.3. The molecule has 2 heterocycles. The van der Waals surface area contributed by atoms with Gasteiger partial charge in [0.25, 0.3) is 5.91 Å². The lowest BCUT2D eigenvalue weighted by molar-refractivity contribution is 0.102. The summed E-state index contributed by atoms with van der Waals surface area (Å²) in [5, 5.41) is 13.8. The number of aromatic nitrogens is 1. The van der Waals surface area contributed by atoms with Crippen LogP contribution < -0.4 is 10.2 Å². The van der Waals surface area contributed by atoms with Crippen molar-refractivity contribution in [3.8, 4) is 6.07 Å². The van der Waals surface area contributed by atoms with Gasteiger partial charge in [0.2, 0.25) is 0 Å². The van der Waals surface area contributed by atoms with Crippen molar-refractivity contribution in [3.63, 3.8) is 0 Å². The van der Waals surface area contributed by atoms with Gasteiger partial charge in [-0.15, -0.1) is 24.8 Å². The summed E-state index contributed by atoms with van der Waals surface area (Å²) >= 11 is 0. The Labute approximate surface area is 236 Å². The molecule has 0 bridgehead atoms. The van der Waals surface area contributed by atoms with Gasteiger partial charge >= 0.3 is 0 Å². The summed E-state index contributed by atoms with van der Waals surface area (Å²) in [5.41, 5.74) is 6.25. The van der Waals surface area contributed by atoms with Crippen LogP contribution >= 0.6 is 24.8 Å². The lowest BCUT2D eigenvalue weighted by Crippen LogP contribution is -2.47. The number of rotatable bonds is 6. The number of hydrogen-bond donors (Lipinski definition) is 1. The molecule has 0 unspecified atom stereocenters. The Kier molecular flexibility index (Phi) is 10.1. The zero-order valence-electron chi connectivity index (χ0n) is 21.3. The van der Waals surface area contributed by atoms with E-state index in [-0.39, 0.29) is 30.7 Å². The second-order valence-electron chi connectivity index (χ2n) is 9.18. The van der Waals surface area contributed by atoms with E-state index in [1.54, 1.807) is 24.3 Å². The summed E-state index contributed by atoms with van der Waals surface area (Å²) in [7, 11) is 0. The van der Waals surface area contributed by atoms with E-state index in [4.69, 9.17) is 0 Å². The van der Waals surface area contributed by atoms with Crippen LogP contribution in [0.1, 0.15) is 27.2 Å². The highest BCUT2D eigenvalue weighted by Crippen LogP contribution is 2.27. The van der Waals surface area contributed by atoms with Crippen molar-refractivity contribution >= 4 is 53.0 Å². The molecule has 5 rings (SSSR count). The van der Waals surface area contributed by atoms with Crippen molar-refractivity contribution in [1.82, 2.24) is 9.88 Å². The molecular weight excluding hydrogens is 517 g/mol. The molecule has 1 amide bonds. The van der Waals surface area contributed by atoms with Crippen LogP contribution in [0.3, 0.4) is 0 Å². The summed E-state index contributed by atoms with van der Waals surface area (Å²) in [6.07, 6.45) is 0.759. The maximum Gasteiger partial charge on any atom is 0.255 e. The highest BCUT2D eigenvalue weighted by Gasteiger charge is 2.19. The predicted octanol–water partition coefficient (Wildman–Crippen LogP) is 5.88. The number of carbonyl (C=O) groups is 1. The van der Waals surface area contributed by atoms with E-state index >= 15 is 0 Å². The number of nitrogens with one attached hydrogen (secondary N) is 1. The standard InChI is InChI=1S/C30H29N5O.2ClH/c1-22-10-13-27-28(32-22)8-5-9-29(27)35-18-16-34(17-19-35)15-14-24-20-26(12-11-25(24)21-31)33-30(36)23-6-3-2-4-7-23;;/h2-13,20H,14-19H2,1H3,(H,33,36);2*1H. The van der Waals surface area contributed by atoms with Crippen molar-refractivity contribution in [1.29, 1.82) is 5.26 Å². The van der Waals surface area contributed by atoms with Crippen LogP contribution in [-0.4, -0.2) is 48.5 Å². The van der Waals surface area contributed by atoms with Gasteiger partial charge in [-0.05, 0) is 73.5 Å². The minimum Gasteiger partial charge on any atom is -0.368 e. The number of benzene rings is 3. The number of piperazine rings is 1. The normalized spacial score (nSPS) is 13.2. The first kappa shape index (κ1) is 28.9. The maximum absolute atomic E-state index is 12.5. The van der Waals surface area contributed by atoms with E-state index < -0.39 is 0 Å². The Hall–Kier alpha value is -3.63. The number of halogens is 2. The fourth-order valence-electron chi connectivity index (χ4n) is 4.79. The lowest BCUT2D eigenvalue weighted by atomic mass is 10.0. The molecule has 0 atom stereocenters. The van der Waals surface area contributed by atoms with Crippen molar-refractivity contribution in [2.75, 3.05) is 42.9 Å². The summed E-state index contributed by atoms with van der Waals surface area (Å²) in [5.74, 6) is -0.152. The molecule has 1 fully saturated rings. The van der Waals surface area contributed by atoms with E-state index in [2.05, 4.69) is 56.5 Å². The monoisotopic (exact) mass is 547 g/mol. The Morgan fingerprint density at radius 2 is 1.71 bits per heavy atom. The number of fused-ring (bicyclic) bond motifs is 1. The third-order valence-electron chi connectivity index (χ3n) is 6.78. The molecule has 0 spiro atoms. The van der Waals surface area contributed by atoms with Gasteiger partial charge in [0.15, 0.2) is 0 Å². The van der Waals surface area contributed by atoms with E-state index in [9.17, 15) is 10.1 Å². The fraction of sp³-hybridized carbons (Fsp3) is 0.233. The number of amides is 1. The minimum absolute atomic E-state index is 0. The summed E-state index contributed by atoms with van der Waals surface area (Å²) in [4.78, 5) is 22.1. The number of pyridine rings is 1. The van der Waals surface area contributed by atoms with Crippen LogP contribution in [0.5, 0.6) is 0 Å². The molecule has 0 saturated carbocycles. The molecule has 0 radical (unpaired) electrons. The largest absolute Gasteiger partial charge is 0.368 e. The number of anilines is 2. The highest BCUT2D eigenvalue weighted by molar-refractivity contribution is 6.04. The summed E-state index contributed by atoms with van der Waals surface area (Å²) < 4.78 is 0. The van der Waals surface area contributed by atoms with Crippen molar-refractivity contribution in [2.45, 2.75) is 13.3 Å². The second-order valence-corrected chi connectivity index (χ2v) is 9.18. The Bertz CT molecular complexity index is 1430. The first-order chi connectivity index (χ1) is 17.6. The third-order valence-corrected chi connectivity index (χ3v) is 6.78. The van der Waals surface area contributed by atoms with Crippen molar-refractivity contribution in [3.05, 3.63) is 101 Å². The van der Waals surface area contributed by atoms with Gasteiger partial charge in [-0.1, -0.05) is 24.3 Å². The van der Waals surface area contributed by atoms with Crippen LogP contribution in [0.25, 0.3) is 10.9 Å². The molecule has 1 aliphatic heterocycles. The van der Waals surface area contributed by atoms with Crippen LogP contribution in [-0.2, 0) is 6.42 Å². The van der Waals surface area contributed by atoms with E-state index in [1.165, 1.54) is 11.1 Å². The van der Waals surface area contributed by atoms with Gasteiger partial charge in [-0.3, -0.25) is 14.7 Å². The predicted molar refractivity (Wildman–Crippen MR) is 159 cm³/mol. The average Bonchev–Trinajstić information content (AvgIpc) is 2.92. The SMILES string of the molecule is Cc1ccc2c(N3CCN(CCc4cc(NC(=O)c5ccccc5)ccc4C#N)CC3)cccc2n1.Cl.Cl.